The van der Waals surface area contributed by atoms with E-state index < -0.39 is 0 Å². The topological polar surface area (TPSA) is 40.6 Å². The van der Waals surface area contributed by atoms with E-state index in [1.165, 1.54) is 0 Å². The highest BCUT2D eigenvalue weighted by atomic mass is 16.2. The number of hydrogen-bond acceptors (Lipinski definition) is 2. The van der Waals surface area contributed by atoms with Crippen molar-refractivity contribution in [1.29, 1.82) is 0 Å². The summed E-state index contributed by atoms with van der Waals surface area (Å²) in [6, 6.07) is 6.97. The van der Waals surface area contributed by atoms with Crippen molar-refractivity contribution in [2.24, 2.45) is 0 Å². The van der Waals surface area contributed by atoms with Gasteiger partial charge in [0, 0.05) is 6.54 Å². The first-order valence-corrected chi connectivity index (χ1v) is 6.79. The fourth-order valence-corrected chi connectivity index (χ4v) is 2.95. The Morgan fingerprint density at radius 2 is 2.15 bits per heavy atom. The number of nitrogens with zero attached hydrogens (tertiary/aromatic N) is 2. The Balaban J connectivity index is 2.13. The van der Waals surface area contributed by atoms with Gasteiger partial charge in [-0.25, -0.2) is 0 Å². The van der Waals surface area contributed by atoms with Crippen LogP contribution in [0.3, 0.4) is 0 Å². The Morgan fingerprint density at radius 3 is 2.95 bits per heavy atom. The Morgan fingerprint density at radius 1 is 1.35 bits per heavy atom. The molecule has 0 unspecified atom stereocenters. The maximum Gasteiger partial charge on any atom is 0.256 e. The summed E-state index contributed by atoms with van der Waals surface area (Å²) in [4.78, 5) is 28.7. The number of carbonyl (C=O) groups is 2. The molecule has 0 saturated carbocycles. The fourth-order valence-electron chi connectivity index (χ4n) is 2.95. The van der Waals surface area contributed by atoms with Crippen LogP contribution in [0.15, 0.2) is 42.7 Å². The van der Waals surface area contributed by atoms with Gasteiger partial charge in [-0.3, -0.25) is 9.59 Å². The second kappa shape index (κ2) is 4.99. The van der Waals surface area contributed by atoms with E-state index in [1.54, 1.807) is 21.9 Å². The molecule has 4 heteroatoms. The van der Waals surface area contributed by atoms with Crippen LogP contribution in [-0.2, 0) is 4.79 Å². The van der Waals surface area contributed by atoms with E-state index in [1.807, 2.05) is 18.2 Å². The van der Waals surface area contributed by atoms with Crippen LogP contribution < -0.4 is 4.90 Å². The smallest absolute Gasteiger partial charge is 0.256 e. The number of para-hydroxylation sites is 1. The van der Waals surface area contributed by atoms with Gasteiger partial charge in [-0.15, -0.1) is 5.73 Å². The lowest BCUT2D eigenvalue weighted by molar-refractivity contribution is -0.121. The maximum absolute atomic E-state index is 12.7. The number of fused-ring (bicyclic) bond motifs is 2. The Bertz CT molecular complexity index is 617. The predicted octanol–water partition coefficient (Wildman–Crippen LogP) is 1.98. The fraction of sp³-hybridized carbons (Fsp3) is 0.312. The third-order valence-electron chi connectivity index (χ3n) is 3.91. The zero-order valence-electron chi connectivity index (χ0n) is 11.2. The molecule has 2 heterocycles. The van der Waals surface area contributed by atoms with Crippen molar-refractivity contribution < 1.29 is 9.59 Å². The van der Waals surface area contributed by atoms with Crippen LogP contribution in [0.2, 0.25) is 0 Å². The van der Waals surface area contributed by atoms with Gasteiger partial charge in [0.15, 0.2) is 0 Å². The van der Waals surface area contributed by atoms with Crippen molar-refractivity contribution in [2.75, 3.05) is 18.0 Å². The van der Waals surface area contributed by atoms with Gasteiger partial charge in [0.1, 0.15) is 6.04 Å². The maximum atomic E-state index is 12.7. The number of amides is 2. The van der Waals surface area contributed by atoms with Gasteiger partial charge in [-0.05, 0) is 31.1 Å². The van der Waals surface area contributed by atoms with Crippen molar-refractivity contribution in [3.05, 3.63) is 48.2 Å². The molecule has 0 aromatic heterocycles. The van der Waals surface area contributed by atoms with Gasteiger partial charge in [0.05, 0.1) is 17.8 Å². The lowest BCUT2D eigenvalue weighted by Crippen LogP contribution is -2.44. The largest absolute Gasteiger partial charge is 0.327 e. The Hall–Kier alpha value is -2.32. The molecule has 2 aliphatic rings. The minimum atomic E-state index is -0.326. The number of rotatable bonds is 2. The van der Waals surface area contributed by atoms with E-state index in [2.05, 4.69) is 12.3 Å². The normalized spacial score (nSPS) is 21.1. The minimum Gasteiger partial charge on any atom is -0.327 e. The molecule has 1 atom stereocenters. The zero-order valence-corrected chi connectivity index (χ0v) is 11.2. The molecule has 3 rings (SSSR count). The van der Waals surface area contributed by atoms with Crippen LogP contribution in [0, 0.1) is 0 Å². The summed E-state index contributed by atoms with van der Waals surface area (Å²) in [7, 11) is 0. The van der Waals surface area contributed by atoms with Crippen LogP contribution in [-0.4, -0.2) is 35.8 Å². The van der Waals surface area contributed by atoms with E-state index in [0.29, 0.717) is 24.3 Å². The van der Waals surface area contributed by atoms with Crippen LogP contribution in [0.25, 0.3) is 0 Å². The zero-order chi connectivity index (χ0) is 14.1. The van der Waals surface area contributed by atoms with Crippen molar-refractivity contribution in [1.82, 2.24) is 4.90 Å². The second-order valence-corrected chi connectivity index (χ2v) is 5.03. The summed E-state index contributed by atoms with van der Waals surface area (Å²) in [6.45, 7) is 4.60. The molecular formula is C16H16N2O2. The number of benzene rings is 1. The van der Waals surface area contributed by atoms with Gasteiger partial charge in [0.2, 0.25) is 5.91 Å². The summed E-state index contributed by atoms with van der Waals surface area (Å²) in [5.41, 5.74) is 3.97. The third-order valence-corrected chi connectivity index (χ3v) is 3.91. The van der Waals surface area contributed by atoms with Crippen molar-refractivity contribution >= 4 is 17.5 Å². The summed E-state index contributed by atoms with van der Waals surface area (Å²) < 4.78 is 0. The summed E-state index contributed by atoms with van der Waals surface area (Å²) in [6.07, 6.45) is 3.34. The van der Waals surface area contributed by atoms with Crippen molar-refractivity contribution in [3.8, 4) is 0 Å². The van der Waals surface area contributed by atoms with Gasteiger partial charge in [-0.2, -0.15) is 0 Å². The molecule has 2 aliphatic heterocycles. The number of carbonyl (C=O) groups excluding carboxylic acids is 2. The highest BCUT2D eigenvalue weighted by Gasteiger charge is 2.41. The molecule has 0 aliphatic carbocycles. The predicted molar refractivity (Wildman–Crippen MR) is 76.6 cm³/mol. The Labute approximate surface area is 118 Å². The third kappa shape index (κ3) is 1.86. The molecular weight excluding hydrogens is 252 g/mol. The number of hydrogen-bond donors (Lipinski definition) is 0. The molecule has 4 nitrogen and oxygen atoms in total. The average molecular weight is 268 g/mol. The van der Waals surface area contributed by atoms with E-state index in [9.17, 15) is 9.59 Å². The monoisotopic (exact) mass is 268 g/mol. The molecule has 2 amide bonds. The summed E-state index contributed by atoms with van der Waals surface area (Å²) >= 11 is 0. The molecule has 0 spiro atoms. The second-order valence-electron chi connectivity index (χ2n) is 5.03. The van der Waals surface area contributed by atoms with E-state index >= 15 is 0 Å². The first-order valence-electron chi connectivity index (χ1n) is 6.79. The molecule has 1 saturated heterocycles. The quantitative estimate of drug-likeness (QED) is 0.769. The lowest BCUT2D eigenvalue weighted by Gasteiger charge is -2.24. The van der Waals surface area contributed by atoms with Crippen LogP contribution in [0.4, 0.5) is 5.69 Å². The van der Waals surface area contributed by atoms with Crippen LogP contribution in [0.1, 0.15) is 23.2 Å². The SMILES string of the molecule is C=C=CCN1C(=O)[C@@H]2CCCN2C(=O)c2ccccc21. The highest BCUT2D eigenvalue weighted by Crippen LogP contribution is 2.32. The van der Waals surface area contributed by atoms with E-state index in [0.717, 1.165) is 12.8 Å². The van der Waals surface area contributed by atoms with Crippen LogP contribution in [0.5, 0.6) is 0 Å². The van der Waals surface area contributed by atoms with E-state index in [4.69, 9.17) is 0 Å². The van der Waals surface area contributed by atoms with Gasteiger partial charge in [-0.1, -0.05) is 18.7 Å². The van der Waals surface area contributed by atoms with Gasteiger partial charge >= 0.3 is 0 Å². The molecule has 0 radical (unpaired) electrons. The van der Waals surface area contributed by atoms with Crippen molar-refractivity contribution in [2.45, 2.75) is 18.9 Å². The molecule has 1 fully saturated rings. The first kappa shape index (κ1) is 12.7. The summed E-state index contributed by atoms with van der Waals surface area (Å²) in [5, 5.41) is 0. The van der Waals surface area contributed by atoms with Gasteiger partial charge in [0.25, 0.3) is 5.91 Å². The van der Waals surface area contributed by atoms with E-state index in [-0.39, 0.29) is 17.9 Å². The molecule has 0 N–H and O–H groups in total. The molecule has 1 aromatic rings. The average Bonchev–Trinajstić information content (AvgIpc) is 2.93. The Kier molecular flexibility index (Phi) is 3.17. The minimum absolute atomic E-state index is 0.00713. The van der Waals surface area contributed by atoms with Crippen molar-refractivity contribution in [3.63, 3.8) is 0 Å². The highest BCUT2D eigenvalue weighted by molar-refractivity contribution is 6.11. The summed E-state index contributed by atoms with van der Waals surface area (Å²) in [5.74, 6) is -0.0474. The number of anilines is 1. The molecule has 1 aromatic carbocycles. The standard InChI is InChI=1S/C16H16N2O2/c1-2-3-10-17-13-8-5-4-7-12(13)15(19)18-11-6-9-14(18)16(17)20/h3-5,7-8,14H,1,6,9-11H2/t14-/m0/s1. The first-order chi connectivity index (χ1) is 9.74. The molecule has 0 bridgehead atoms. The van der Waals surface area contributed by atoms with Crippen LogP contribution >= 0.6 is 0 Å². The molecule has 20 heavy (non-hydrogen) atoms. The molecule has 102 valence electrons. The lowest BCUT2D eigenvalue weighted by atomic mass is 10.1. The van der Waals surface area contributed by atoms with Gasteiger partial charge < -0.3 is 9.80 Å².